The fourth-order valence-electron chi connectivity index (χ4n) is 4.58. The number of piperidine rings is 1. The molecule has 0 aliphatic carbocycles. The summed E-state index contributed by atoms with van der Waals surface area (Å²) < 4.78 is 28.7. The molecule has 3 aromatic rings. The molecule has 1 saturated heterocycles. The molecule has 1 aliphatic heterocycles. The quantitative estimate of drug-likeness (QED) is 0.131. The Morgan fingerprint density at radius 2 is 1.77 bits per heavy atom. The van der Waals surface area contributed by atoms with Crippen molar-refractivity contribution < 1.29 is 18.0 Å². The molecule has 8 N–H and O–H groups in total. The van der Waals surface area contributed by atoms with E-state index in [-0.39, 0.29) is 34.6 Å². The first-order valence-electron chi connectivity index (χ1n) is 12.6. The first-order valence-corrected chi connectivity index (χ1v) is 14.1. The van der Waals surface area contributed by atoms with Gasteiger partial charge in [-0.3, -0.25) is 15.0 Å². The van der Waals surface area contributed by atoms with Crippen molar-refractivity contribution in [1.82, 2.24) is 20.3 Å². The van der Waals surface area contributed by atoms with Gasteiger partial charge in [-0.05, 0) is 53.8 Å². The van der Waals surface area contributed by atoms with Gasteiger partial charge in [0.05, 0.1) is 10.5 Å². The van der Waals surface area contributed by atoms with Crippen molar-refractivity contribution >= 4 is 44.3 Å². The van der Waals surface area contributed by atoms with Crippen LogP contribution in [0.25, 0.3) is 10.8 Å². The normalized spacial score (nSPS) is 16.4. The molecule has 0 aromatic heterocycles. The summed E-state index contributed by atoms with van der Waals surface area (Å²) in [5.74, 6) is -1.10. The number of hydrogen-bond acceptors (Lipinski definition) is 6. The third-order valence-electron chi connectivity index (χ3n) is 6.76. The average Bonchev–Trinajstić information content (AvgIpc) is 2.94. The molecule has 0 radical (unpaired) electrons. The van der Waals surface area contributed by atoms with E-state index in [1.165, 1.54) is 12.1 Å². The van der Waals surface area contributed by atoms with Crippen LogP contribution in [-0.2, 0) is 14.8 Å². The van der Waals surface area contributed by atoms with Gasteiger partial charge in [0.2, 0.25) is 15.9 Å². The van der Waals surface area contributed by atoms with Gasteiger partial charge in [0.1, 0.15) is 6.04 Å². The zero-order valence-corrected chi connectivity index (χ0v) is 22.2. The number of fused-ring (bicyclic) bond motifs is 1. The lowest BCUT2D eigenvalue weighted by Gasteiger charge is -2.33. The van der Waals surface area contributed by atoms with Gasteiger partial charge in [-0.15, -0.1) is 0 Å². The second kappa shape index (κ2) is 12.1. The highest BCUT2D eigenvalue weighted by Gasteiger charge is 2.27. The van der Waals surface area contributed by atoms with E-state index in [9.17, 15) is 18.0 Å². The molecule has 2 amide bonds. The largest absolute Gasteiger partial charge is 0.398 e. The van der Waals surface area contributed by atoms with Crippen molar-refractivity contribution in [1.29, 1.82) is 5.41 Å². The Bertz CT molecular complexity index is 1480. The maximum absolute atomic E-state index is 13.2. The summed E-state index contributed by atoms with van der Waals surface area (Å²) >= 11 is 0. The Hall–Kier alpha value is -4.16. The third kappa shape index (κ3) is 7.03. The van der Waals surface area contributed by atoms with Crippen molar-refractivity contribution in [3.63, 3.8) is 0 Å². The minimum absolute atomic E-state index is 0.0142. The van der Waals surface area contributed by atoms with Crippen LogP contribution in [-0.4, -0.2) is 63.3 Å². The fraction of sp³-hybridized carbons (Fsp3) is 0.296. The van der Waals surface area contributed by atoms with Crippen molar-refractivity contribution in [2.45, 2.75) is 23.8 Å². The van der Waals surface area contributed by atoms with Crippen LogP contribution in [0.1, 0.15) is 23.2 Å². The summed E-state index contributed by atoms with van der Waals surface area (Å²) in [4.78, 5) is 28.0. The van der Waals surface area contributed by atoms with E-state index in [2.05, 4.69) is 15.4 Å². The number of nitrogens with zero attached hydrogens (tertiary/aromatic N) is 1. The number of nitrogen functional groups attached to an aromatic ring is 1. The monoisotopic (exact) mass is 551 g/mol. The standard InChI is InChI=1S/C27H33N7O4S/c28-23-10-4-3-9-22(23)25(35)33-24(26(36)31-15-18-6-5-13-34(17-18)27(29)30)16-32-39(37,38)21-12-11-19-7-1-2-8-20(19)14-21/h1-4,7-12,14,18,24,32H,5-6,13,15-17,28H2,(H3,29,30)(H,31,36)(H,33,35). The number of sulfonamides is 1. The number of nitrogens with one attached hydrogen (secondary N) is 4. The Morgan fingerprint density at radius 3 is 2.51 bits per heavy atom. The summed E-state index contributed by atoms with van der Waals surface area (Å²) in [7, 11) is -3.99. The lowest BCUT2D eigenvalue weighted by atomic mass is 9.98. The molecule has 11 nitrogen and oxygen atoms in total. The van der Waals surface area contributed by atoms with Crippen LogP contribution in [0.5, 0.6) is 0 Å². The van der Waals surface area contributed by atoms with Gasteiger partial charge in [-0.1, -0.05) is 42.5 Å². The van der Waals surface area contributed by atoms with Crippen molar-refractivity contribution in [2.24, 2.45) is 11.7 Å². The molecular formula is C27H33N7O4S. The molecule has 1 aliphatic rings. The van der Waals surface area contributed by atoms with Gasteiger partial charge < -0.3 is 27.0 Å². The molecule has 3 aromatic carbocycles. The highest BCUT2D eigenvalue weighted by Crippen LogP contribution is 2.19. The van der Waals surface area contributed by atoms with Crippen LogP contribution in [0.15, 0.2) is 71.6 Å². The number of carbonyl (C=O) groups is 2. The molecule has 39 heavy (non-hydrogen) atoms. The van der Waals surface area contributed by atoms with Crippen molar-refractivity contribution in [3.8, 4) is 0 Å². The van der Waals surface area contributed by atoms with Crippen molar-refractivity contribution in [3.05, 3.63) is 72.3 Å². The fourth-order valence-corrected chi connectivity index (χ4v) is 5.66. The summed E-state index contributed by atoms with van der Waals surface area (Å²) in [6.45, 7) is 1.14. The van der Waals surface area contributed by atoms with Gasteiger partial charge in [0.25, 0.3) is 5.91 Å². The number of amides is 2. The zero-order chi connectivity index (χ0) is 28.0. The van der Waals surface area contributed by atoms with E-state index in [0.717, 1.165) is 23.6 Å². The average molecular weight is 552 g/mol. The van der Waals surface area contributed by atoms with Crippen LogP contribution < -0.4 is 26.8 Å². The number of carbonyl (C=O) groups excluding carboxylic acids is 2. The predicted molar refractivity (Wildman–Crippen MR) is 150 cm³/mol. The minimum Gasteiger partial charge on any atom is -0.398 e. The molecule has 1 heterocycles. The highest BCUT2D eigenvalue weighted by atomic mass is 32.2. The third-order valence-corrected chi connectivity index (χ3v) is 8.18. The molecule has 1 fully saturated rings. The first-order chi connectivity index (χ1) is 18.6. The molecule has 0 bridgehead atoms. The summed E-state index contributed by atoms with van der Waals surface area (Å²) in [5, 5.41) is 14.8. The second-order valence-corrected chi connectivity index (χ2v) is 11.3. The zero-order valence-electron chi connectivity index (χ0n) is 21.4. The van der Waals surface area contributed by atoms with Crippen LogP contribution in [0.2, 0.25) is 0 Å². The highest BCUT2D eigenvalue weighted by molar-refractivity contribution is 7.89. The van der Waals surface area contributed by atoms with Crippen LogP contribution >= 0.6 is 0 Å². The van der Waals surface area contributed by atoms with Gasteiger partial charge in [0.15, 0.2) is 5.96 Å². The second-order valence-electron chi connectivity index (χ2n) is 9.56. The van der Waals surface area contributed by atoms with E-state index >= 15 is 0 Å². The topological polar surface area (TPSA) is 184 Å². The number of anilines is 1. The molecule has 12 heteroatoms. The summed E-state index contributed by atoms with van der Waals surface area (Å²) in [6.07, 6.45) is 1.68. The van der Waals surface area contributed by atoms with E-state index in [0.29, 0.717) is 19.6 Å². The van der Waals surface area contributed by atoms with Gasteiger partial charge in [-0.25, -0.2) is 13.1 Å². The van der Waals surface area contributed by atoms with Gasteiger partial charge in [-0.2, -0.15) is 0 Å². The number of benzene rings is 3. The number of guanidine groups is 1. The molecule has 0 spiro atoms. The SMILES string of the molecule is N=C(N)N1CCCC(CNC(=O)C(CNS(=O)(=O)c2ccc3ccccc3c2)NC(=O)c2ccccc2N)C1. The van der Waals surface area contributed by atoms with E-state index in [1.807, 2.05) is 24.3 Å². The summed E-state index contributed by atoms with van der Waals surface area (Å²) in [6, 6.07) is 17.3. The van der Waals surface area contributed by atoms with Gasteiger partial charge in [0, 0.05) is 31.9 Å². The van der Waals surface area contributed by atoms with Gasteiger partial charge >= 0.3 is 0 Å². The number of nitrogens with two attached hydrogens (primary N) is 2. The molecule has 4 rings (SSSR count). The van der Waals surface area contributed by atoms with E-state index in [1.54, 1.807) is 35.2 Å². The smallest absolute Gasteiger partial charge is 0.254 e. The molecule has 2 atom stereocenters. The van der Waals surface area contributed by atoms with Crippen LogP contribution in [0, 0.1) is 11.3 Å². The lowest BCUT2D eigenvalue weighted by Crippen LogP contribution is -2.54. The Morgan fingerprint density at radius 1 is 1.05 bits per heavy atom. The lowest BCUT2D eigenvalue weighted by molar-refractivity contribution is -0.123. The van der Waals surface area contributed by atoms with E-state index in [4.69, 9.17) is 16.9 Å². The van der Waals surface area contributed by atoms with Crippen molar-refractivity contribution in [2.75, 3.05) is 31.9 Å². The first kappa shape index (κ1) is 27.9. The predicted octanol–water partition coefficient (Wildman–Crippen LogP) is 1.22. The Kier molecular flexibility index (Phi) is 8.67. The van der Waals surface area contributed by atoms with E-state index < -0.39 is 27.9 Å². The summed E-state index contributed by atoms with van der Waals surface area (Å²) in [5.41, 5.74) is 12.0. The molecule has 2 unspecified atom stereocenters. The van der Waals surface area contributed by atoms with Crippen LogP contribution in [0.3, 0.4) is 0 Å². The number of rotatable bonds is 9. The Labute approximate surface area is 227 Å². The number of hydrogen-bond donors (Lipinski definition) is 6. The minimum atomic E-state index is -3.99. The number of likely N-dealkylation sites (tertiary alicyclic amines) is 1. The Balaban J connectivity index is 1.48. The molecule has 0 saturated carbocycles. The molecular weight excluding hydrogens is 518 g/mol. The van der Waals surface area contributed by atoms with Crippen LogP contribution in [0.4, 0.5) is 5.69 Å². The molecule has 206 valence electrons. The number of para-hydroxylation sites is 1. The maximum Gasteiger partial charge on any atom is 0.254 e. The maximum atomic E-state index is 13.2.